The lowest BCUT2D eigenvalue weighted by Gasteiger charge is -1.95. The van der Waals surface area contributed by atoms with E-state index in [1.807, 2.05) is 0 Å². The van der Waals surface area contributed by atoms with Crippen molar-refractivity contribution in [3.8, 4) is 0 Å². The molecule has 1 atom stereocenters. The first kappa shape index (κ1) is 6.99. The Labute approximate surface area is 42.0 Å². The molecule has 7 heavy (non-hydrogen) atoms. The fraction of sp³-hybridized carbons (Fsp3) is 1.00. The van der Waals surface area contributed by atoms with Crippen LogP contribution in [0.2, 0.25) is 0 Å². The smallest absolute Gasteiger partial charge is 0.306 e. The maximum Gasteiger partial charge on any atom is 0.306 e. The first-order valence-corrected chi connectivity index (χ1v) is 2.30. The second-order valence-corrected chi connectivity index (χ2v) is 1.27. The molecule has 0 aromatic carbocycles. The van der Waals surface area contributed by atoms with Crippen molar-refractivity contribution in [2.24, 2.45) is 0 Å². The molecule has 0 bridgehead atoms. The van der Waals surface area contributed by atoms with Crippen molar-refractivity contribution in [1.82, 2.24) is 0 Å². The lowest BCUT2D eigenvalue weighted by molar-refractivity contribution is -0.176. The van der Waals surface area contributed by atoms with Crippen LogP contribution in [0.1, 0.15) is 0 Å². The lowest BCUT2D eigenvalue weighted by Crippen LogP contribution is -2.10. The number of aliphatic hydroxyl groups is 2. The average molecular weight is 128 g/mol. The zero-order chi connectivity index (χ0) is 5.86. The number of hydrogen-bond acceptors (Lipinski definition) is 4. The van der Waals surface area contributed by atoms with Gasteiger partial charge >= 0.3 is 11.4 Å². The summed E-state index contributed by atoms with van der Waals surface area (Å²) in [5.41, 5.74) is 0. The predicted molar refractivity (Wildman–Crippen MR) is 20.1 cm³/mol. The van der Waals surface area contributed by atoms with Crippen LogP contribution in [0, 0.1) is 0 Å². The summed E-state index contributed by atoms with van der Waals surface area (Å²) < 4.78 is 20.4. The molecule has 0 amide bonds. The quantitative estimate of drug-likeness (QED) is 0.308. The maximum atomic E-state index is 9.38. The maximum absolute atomic E-state index is 9.38. The molecule has 5 nitrogen and oxygen atoms in total. The molecular weight excluding hydrogens is 124 g/mol. The van der Waals surface area contributed by atoms with Crippen LogP contribution in [0.5, 0.6) is 0 Å². The highest BCUT2D eigenvalue weighted by Gasteiger charge is 1.98. The molecule has 6 heteroatoms. The second kappa shape index (κ2) is 3.05. The summed E-state index contributed by atoms with van der Waals surface area (Å²) in [5, 5.41) is 15.4. The van der Waals surface area contributed by atoms with E-state index in [1.165, 1.54) is 0 Å². The minimum absolute atomic E-state index is 2.18. The molecule has 1 unspecified atom stereocenters. The molecular formula is CH4O5S. The van der Waals surface area contributed by atoms with Crippen molar-refractivity contribution in [2.75, 3.05) is 0 Å². The fourth-order valence-corrected chi connectivity index (χ4v) is 0.221. The highest BCUT2D eigenvalue weighted by Crippen LogP contribution is 1.80. The van der Waals surface area contributed by atoms with E-state index in [9.17, 15) is 4.21 Å². The number of rotatable bonds is 2. The third kappa shape index (κ3) is 5.99. The fourth-order valence-electron chi connectivity index (χ4n) is 0.0736. The molecule has 0 radical (unpaired) electrons. The molecule has 0 aliphatic rings. The average Bonchev–Trinajstić information content (AvgIpc) is 1.27. The molecule has 0 spiro atoms. The van der Waals surface area contributed by atoms with E-state index in [0.29, 0.717) is 0 Å². The van der Waals surface area contributed by atoms with Crippen LogP contribution in [0.25, 0.3) is 0 Å². The van der Waals surface area contributed by atoms with Crippen LogP contribution in [-0.4, -0.2) is 25.5 Å². The van der Waals surface area contributed by atoms with E-state index in [1.54, 1.807) is 0 Å². The first-order chi connectivity index (χ1) is 3.13. The Kier molecular flexibility index (Phi) is 3.05. The van der Waals surface area contributed by atoms with E-state index in [4.69, 9.17) is 14.8 Å². The predicted octanol–water partition coefficient (Wildman–Crippen LogP) is -1.59. The van der Waals surface area contributed by atoms with Crippen molar-refractivity contribution in [3.63, 3.8) is 0 Å². The van der Waals surface area contributed by atoms with Crippen molar-refractivity contribution in [1.29, 1.82) is 0 Å². The summed E-state index contributed by atoms with van der Waals surface area (Å²) in [5.74, 6) is 0. The van der Waals surface area contributed by atoms with Gasteiger partial charge in [0.15, 0.2) is 0 Å². The van der Waals surface area contributed by atoms with Gasteiger partial charge in [-0.15, -0.1) is 0 Å². The van der Waals surface area contributed by atoms with Gasteiger partial charge in [-0.1, -0.05) is 0 Å². The van der Waals surface area contributed by atoms with Gasteiger partial charge in [0.2, 0.25) is 0 Å². The minimum atomic E-state index is -2.60. The van der Waals surface area contributed by atoms with Gasteiger partial charge in [-0.3, -0.25) is 4.55 Å². The second-order valence-electron chi connectivity index (χ2n) is 0.640. The SMILES string of the molecule is O=S(O)OC(O)O. The number of aliphatic hydroxyl groups excluding tert-OH is 1. The van der Waals surface area contributed by atoms with Gasteiger partial charge in [0.25, 0.3) is 6.48 Å². The molecule has 3 N–H and O–H groups in total. The summed E-state index contributed by atoms with van der Waals surface area (Å²) in [6.07, 6.45) is 0. The van der Waals surface area contributed by atoms with Gasteiger partial charge in [-0.25, -0.2) is 4.18 Å². The highest BCUT2D eigenvalue weighted by atomic mass is 32.2. The van der Waals surface area contributed by atoms with Crippen molar-refractivity contribution < 1.29 is 23.2 Å². The summed E-state index contributed by atoms with van der Waals surface area (Å²) in [6, 6.07) is 0. The van der Waals surface area contributed by atoms with Gasteiger partial charge in [0.1, 0.15) is 0 Å². The Bertz CT molecular complexity index is 68.5. The van der Waals surface area contributed by atoms with Gasteiger partial charge in [0, 0.05) is 0 Å². The molecule has 0 aliphatic carbocycles. The molecule has 44 valence electrons. The molecule has 0 saturated heterocycles. The standard InChI is InChI=1S/CH4O5S/c2-1(3)6-7(4)5/h1-3H,(H,4,5). The van der Waals surface area contributed by atoms with Crippen LogP contribution in [0.15, 0.2) is 0 Å². The van der Waals surface area contributed by atoms with Gasteiger partial charge < -0.3 is 10.2 Å². The third-order valence-corrected chi connectivity index (χ3v) is 0.505. The molecule has 0 heterocycles. The molecule has 0 fully saturated rings. The third-order valence-electron chi connectivity index (χ3n) is 0.168. The van der Waals surface area contributed by atoms with Crippen molar-refractivity contribution >= 4 is 11.4 Å². The van der Waals surface area contributed by atoms with Crippen LogP contribution >= 0.6 is 0 Å². The number of hydrogen-bond donors (Lipinski definition) is 3. The van der Waals surface area contributed by atoms with Crippen LogP contribution < -0.4 is 0 Å². The van der Waals surface area contributed by atoms with Gasteiger partial charge in [-0.2, -0.15) is 4.21 Å². The molecule has 0 aromatic rings. The van der Waals surface area contributed by atoms with E-state index in [0.717, 1.165) is 0 Å². The Morgan fingerprint density at radius 1 is 1.57 bits per heavy atom. The van der Waals surface area contributed by atoms with Crippen LogP contribution in [0.3, 0.4) is 0 Å². The van der Waals surface area contributed by atoms with E-state index in [2.05, 4.69) is 4.18 Å². The Balaban J connectivity index is 3.13. The zero-order valence-corrected chi connectivity index (χ0v) is 3.96. The minimum Gasteiger partial charge on any atom is -0.345 e. The monoisotopic (exact) mass is 128 g/mol. The van der Waals surface area contributed by atoms with Crippen molar-refractivity contribution in [3.05, 3.63) is 0 Å². The Hall–Kier alpha value is -0.0100. The summed E-state index contributed by atoms with van der Waals surface area (Å²) >= 11 is -2.60. The Morgan fingerprint density at radius 3 is 2.00 bits per heavy atom. The largest absolute Gasteiger partial charge is 0.345 e. The van der Waals surface area contributed by atoms with E-state index < -0.39 is 17.8 Å². The summed E-state index contributed by atoms with van der Waals surface area (Å²) in [4.78, 5) is 0. The molecule has 0 rings (SSSR count). The molecule has 0 saturated carbocycles. The van der Waals surface area contributed by atoms with Gasteiger partial charge in [0.05, 0.1) is 0 Å². The van der Waals surface area contributed by atoms with Crippen molar-refractivity contribution in [2.45, 2.75) is 6.48 Å². The zero-order valence-electron chi connectivity index (χ0n) is 3.14. The van der Waals surface area contributed by atoms with E-state index in [-0.39, 0.29) is 0 Å². The highest BCUT2D eigenvalue weighted by molar-refractivity contribution is 7.74. The molecule has 0 aromatic heterocycles. The Morgan fingerprint density at radius 2 is 2.00 bits per heavy atom. The topological polar surface area (TPSA) is 87.0 Å². The normalized spacial score (nSPS) is 14.9. The lowest BCUT2D eigenvalue weighted by atomic mass is 11.4. The van der Waals surface area contributed by atoms with Gasteiger partial charge in [-0.05, 0) is 0 Å². The molecule has 0 aliphatic heterocycles. The van der Waals surface area contributed by atoms with Crippen LogP contribution in [0.4, 0.5) is 0 Å². The first-order valence-electron chi connectivity index (χ1n) is 1.27. The van der Waals surface area contributed by atoms with Crippen LogP contribution in [-0.2, 0) is 15.5 Å². The van der Waals surface area contributed by atoms with E-state index >= 15 is 0 Å². The summed E-state index contributed by atoms with van der Waals surface area (Å²) in [7, 11) is 0. The summed E-state index contributed by atoms with van der Waals surface area (Å²) in [6.45, 7) is -2.18.